The first-order chi connectivity index (χ1) is 11.9. The Balaban J connectivity index is 1.58. The largest absolute Gasteiger partial charge is 0.416 e. The van der Waals surface area contributed by atoms with Gasteiger partial charge >= 0.3 is 6.18 Å². The summed E-state index contributed by atoms with van der Waals surface area (Å²) in [6, 6.07) is 10.8. The summed E-state index contributed by atoms with van der Waals surface area (Å²) in [6.45, 7) is 1.28. The van der Waals surface area contributed by atoms with Crippen LogP contribution in [-0.4, -0.2) is 28.9 Å². The Morgan fingerprint density at radius 1 is 1.20 bits per heavy atom. The lowest BCUT2D eigenvalue weighted by molar-refractivity contribution is -0.138. The highest BCUT2D eigenvalue weighted by Crippen LogP contribution is 2.30. The first-order valence-electron chi connectivity index (χ1n) is 8.25. The van der Waals surface area contributed by atoms with Gasteiger partial charge in [-0.15, -0.1) is 0 Å². The smallest absolute Gasteiger partial charge is 0.342 e. The van der Waals surface area contributed by atoms with Gasteiger partial charge < -0.3 is 4.90 Å². The van der Waals surface area contributed by atoms with Gasteiger partial charge in [-0.05, 0) is 42.5 Å². The van der Waals surface area contributed by atoms with E-state index in [2.05, 4.69) is 4.98 Å². The van der Waals surface area contributed by atoms with Crippen LogP contribution < -0.4 is 0 Å². The summed E-state index contributed by atoms with van der Waals surface area (Å²) in [5, 5.41) is 0. The summed E-state index contributed by atoms with van der Waals surface area (Å²) in [4.78, 5) is 18.4. The third-order valence-corrected chi connectivity index (χ3v) is 4.47. The van der Waals surface area contributed by atoms with Crippen molar-refractivity contribution in [3.63, 3.8) is 0 Å². The van der Waals surface area contributed by atoms with Crippen molar-refractivity contribution in [1.29, 1.82) is 0 Å². The van der Waals surface area contributed by atoms with Gasteiger partial charge in [0.25, 0.3) is 0 Å². The maximum atomic E-state index is 12.8. The van der Waals surface area contributed by atoms with Crippen molar-refractivity contribution in [1.82, 2.24) is 9.88 Å². The Morgan fingerprint density at radius 2 is 2.04 bits per heavy atom. The van der Waals surface area contributed by atoms with Crippen LogP contribution in [0.1, 0.15) is 23.2 Å². The van der Waals surface area contributed by atoms with Crippen molar-refractivity contribution in [2.24, 2.45) is 5.92 Å². The molecule has 0 spiro atoms. The van der Waals surface area contributed by atoms with Gasteiger partial charge in [-0.1, -0.05) is 24.3 Å². The Morgan fingerprint density at radius 3 is 2.76 bits per heavy atom. The molecule has 0 N–H and O–H groups in total. The van der Waals surface area contributed by atoms with Gasteiger partial charge in [0.05, 0.1) is 12.0 Å². The SMILES string of the molecule is O=C(Cc1cccc(C(F)(F)F)c1)N1CCC(Cc2ccccn2)C1. The molecule has 3 nitrogen and oxygen atoms in total. The van der Waals surface area contributed by atoms with Gasteiger partial charge in [-0.2, -0.15) is 13.2 Å². The van der Waals surface area contributed by atoms with Crippen LogP contribution in [-0.2, 0) is 23.8 Å². The number of likely N-dealkylation sites (tertiary alicyclic amines) is 1. The fourth-order valence-corrected chi connectivity index (χ4v) is 3.18. The topological polar surface area (TPSA) is 33.2 Å². The normalized spacial score (nSPS) is 17.7. The van der Waals surface area contributed by atoms with Crippen molar-refractivity contribution in [3.05, 3.63) is 65.5 Å². The Labute approximate surface area is 144 Å². The zero-order valence-corrected chi connectivity index (χ0v) is 13.7. The number of aromatic nitrogens is 1. The standard InChI is InChI=1S/C19H19F3N2O/c20-19(21,22)16-5-3-4-14(10-16)12-18(25)24-9-7-15(13-24)11-17-6-1-2-8-23-17/h1-6,8,10,15H,7,9,11-13H2. The number of carbonyl (C=O) groups is 1. The summed E-state index contributed by atoms with van der Waals surface area (Å²) in [6.07, 6.45) is -0.930. The molecule has 6 heteroatoms. The van der Waals surface area contributed by atoms with E-state index in [1.165, 1.54) is 6.07 Å². The van der Waals surface area contributed by atoms with Gasteiger partial charge in [0.2, 0.25) is 5.91 Å². The predicted octanol–water partition coefficient (Wildman–Crippen LogP) is 3.73. The van der Waals surface area contributed by atoms with Gasteiger partial charge in [0.1, 0.15) is 0 Å². The highest BCUT2D eigenvalue weighted by Gasteiger charge is 2.31. The number of hydrogen-bond donors (Lipinski definition) is 0. The minimum absolute atomic E-state index is 0.000225. The molecule has 1 aliphatic heterocycles. The molecule has 1 amide bonds. The molecule has 1 fully saturated rings. The average molecular weight is 348 g/mol. The molecule has 0 radical (unpaired) electrons. The van der Waals surface area contributed by atoms with E-state index in [4.69, 9.17) is 0 Å². The molecule has 2 heterocycles. The number of rotatable bonds is 4. The summed E-state index contributed by atoms with van der Waals surface area (Å²) < 4.78 is 38.3. The fraction of sp³-hybridized carbons (Fsp3) is 0.368. The first kappa shape index (κ1) is 17.5. The van der Waals surface area contributed by atoms with Crippen molar-refractivity contribution in [2.45, 2.75) is 25.4 Å². The molecule has 1 aromatic carbocycles. The number of halogens is 3. The number of pyridine rings is 1. The van der Waals surface area contributed by atoms with E-state index in [0.717, 1.165) is 30.7 Å². The highest BCUT2D eigenvalue weighted by molar-refractivity contribution is 5.79. The summed E-state index contributed by atoms with van der Waals surface area (Å²) >= 11 is 0. The van der Waals surface area contributed by atoms with Crippen LogP contribution >= 0.6 is 0 Å². The minimum Gasteiger partial charge on any atom is -0.342 e. The number of carbonyl (C=O) groups excluding carboxylic acids is 1. The summed E-state index contributed by atoms with van der Waals surface area (Å²) in [7, 11) is 0. The third kappa shape index (κ3) is 4.59. The van der Waals surface area contributed by atoms with E-state index in [9.17, 15) is 18.0 Å². The van der Waals surface area contributed by atoms with Crippen LogP contribution in [0, 0.1) is 5.92 Å². The maximum absolute atomic E-state index is 12.8. The molecule has 132 valence electrons. The van der Waals surface area contributed by atoms with Crippen molar-refractivity contribution >= 4 is 5.91 Å². The summed E-state index contributed by atoms with van der Waals surface area (Å²) in [5.74, 6) is 0.225. The third-order valence-electron chi connectivity index (χ3n) is 4.47. The minimum atomic E-state index is -4.39. The van der Waals surface area contributed by atoms with Crippen LogP contribution in [0.5, 0.6) is 0 Å². The lowest BCUT2D eigenvalue weighted by Gasteiger charge is -2.17. The molecule has 3 rings (SSSR count). The Bertz CT molecular complexity index is 731. The molecule has 2 aromatic rings. The van der Waals surface area contributed by atoms with E-state index < -0.39 is 11.7 Å². The zero-order chi connectivity index (χ0) is 17.9. The molecule has 25 heavy (non-hydrogen) atoms. The maximum Gasteiger partial charge on any atom is 0.416 e. The van der Waals surface area contributed by atoms with Crippen LogP contribution in [0.25, 0.3) is 0 Å². The molecule has 1 unspecified atom stereocenters. The average Bonchev–Trinajstić information content (AvgIpc) is 3.04. The second-order valence-corrected chi connectivity index (χ2v) is 6.39. The molecule has 1 aliphatic rings. The van der Waals surface area contributed by atoms with Crippen molar-refractivity contribution < 1.29 is 18.0 Å². The zero-order valence-electron chi connectivity index (χ0n) is 13.7. The van der Waals surface area contributed by atoms with E-state index >= 15 is 0 Å². The molecule has 0 aliphatic carbocycles. The van der Waals surface area contributed by atoms with E-state index in [-0.39, 0.29) is 12.3 Å². The first-order valence-corrected chi connectivity index (χ1v) is 8.25. The molecule has 1 aromatic heterocycles. The molecular formula is C19H19F3N2O. The Hall–Kier alpha value is -2.37. The molecular weight excluding hydrogens is 329 g/mol. The van der Waals surface area contributed by atoms with Crippen LogP contribution in [0.2, 0.25) is 0 Å². The lowest BCUT2D eigenvalue weighted by Crippen LogP contribution is -2.30. The quantitative estimate of drug-likeness (QED) is 0.843. The molecule has 1 saturated heterocycles. The summed E-state index contributed by atoms with van der Waals surface area (Å²) in [5.41, 5.74) is 0.680. The number of benzene rings is 1. The van der Waals surface area contributed by atoms with E-state index in [1.54, 1.807) is 17.2 Å². The van der Waals surface area contributed by atoms with Gasteiger partial charge in [0.15, 0.2) is 0 Å². The highest BCUT2D eigenvalue weighted by atomic mass is 19.4. The monoisotopic (exact) mass is 348 g/mol. The fourth-order valence-electron chi connectivity index (χ4n) is 3.18. The second kappa shape index (κ2) is 7.25. The molecule has 0 bridgehead atoms. The van der Waals surface area contributed by atoms with Gasteiger partial charge in [-0.3, -0.25) is 9.78 Å². The predicted molar refractivity (Wildman–Crippen MR) is 87.8 cm³/mol. The van der Waals surface area contributed by atoms with Crippen LogP contribution in [0.4, 0.5) is 13.2 Å². The number of alkyl halides is 3. The van der Waals surface area contributed by atoms with Crippen molar-refractivity contribution in [2.75, 3.05) is 13.1 Å². The van der Waals surface area contributed by atoms with E-state index in [1.807, 2.05) is 18.2 Å². The van der Waals surface area contributed by atoms with Gasteiger partial charge in [-0.25, -0.2) is 0 Å². The number of amides is 1. The van der Waals surface area contributed by atoms with E-state index in [0.29, 0.717) is 24.6 Å². The number of hydrogen-bond acceptors (Lipinski definition) is 2. The molecule has 1 atom stereocenters. The molecule has 0 saturated carbocycles. The van der Waals surface area contributed by atoms with Crippen LogP contribution in [0.3, 0.4) is 0 Å². The van der Waals surface area contributed by atoms with Crippen molar-refractivity contribution in [3.8, 4) is 0 Å². The number of nitrogens with zero attached hydrogens (tertiary/aromatic N) is 2. The second-order valence-electron chi connectivity index (χ2n) is 6.39. The van der Waals surface area contributed by atoms with Gasteiger partial charge in [0, 0.05) is 25.0 Å². The lowest BCUT2D eigenvalue weighted by atomic mass is 10.0. The Kier molecular flexibility index (Phi) is 5.06. The van der Waals surface area contributed by atoms with Crippen LogP contribution in [0.15, 0.2) is 48.7 Å².